The van der Waals surface area contributed by atoms with Crippen molar-refractivity contribution in [1.82, 2.24) is 0 Å². The number of carbonyl (C=O) groups is 1. The number of hydrogen-bond acceptors (Lipinski definition) is 6. The zero-order valence-corrected chi connectivity index (χ0v) is 16.1. The summed E-state index contributed by atoms with van der Waals surface area (Å²) < 4.78 is 37.9. The van der Waals surface area contributed by atoms with Crippen LogP contribution in [0.3, 0.4) is 0 Å². The molecular weight excluding hydrogens is 344 g/mol. The average Bonchev–Trinajstić information content (AvgIpc) is 2.49. The third-order valence-electron chi connectivity index (χ3n) is 5.10. The first-order valence-corrected chi connectivity index (χ1v) is 10.8. The Morgan fingerprint density at radius 2 is 1.80 bits per heavy atom. The van der Waals surface area contributed by atoms with Crippen LogP contribution in [0.1, 0.15) is 51.9 Å². The molecule has 0 N–H and O–H groups in total. The van der Waals surface area contributed by atoms with Crippen molar-refractivity contribution in [2.75, 3.05) is 26.1 Å². The highest BCUT2D eigenvalue weighted by Crippen LogP contribution is 2.47. The number of fused-ring (bicyclic) bond motifs is 2. The molecule has 2 bridgehead atoms. The van der Waals surface area contributed by atoms with E-state index in [9.17, 15) is 13.2 Å². The molecule has 2 aliphatic carbocycles. The largest absolute Gasteiger partial charge is 0.456 e. The first kappa shape index (κ1) is 20.4. The molecule has 7 heteroatoms. The van der Waals surface area contributed by atoms with E-state index in [1.54, 1.807) is 6.92 Å². The zero-order chi connectivity index (χ0) is 18.5. The minimum Gasteiger partial charge on any atom is -0.456 e. The van der Waals surface area contributed by atoms with E-state index < -0.39 is 15.7 Å². The molecule has 2 aliphatic rings. The predicted molar refractivity (Wildman–Crippen MR) is 94.6 cm³/mol. The van der Waals surface area contributed by atoms with Crippen LogP contribution in [0.4, 0.5) is 0 Å². The average molecular weight is 374 g/mol. The van der Waals surface area contributed by atoms with Crippen molar-refractivity contribution >= 4 is 16.1 Å². The van der Waals surface area contributed by atoms with E-state index in [2.05, 4.69) is 10.8 Å². The van der Waals surface area contributed by atoms with Crippen LogP contribution in [-0.2, 0) is 28.6 Å². The van der Waals surface area contributed by atoms with Crippen LogP contribution in [0.2, 0.25) is 0 Å². The number of rotatable bonds is 9. The zero-order valence-electron chi connectivity index (χ0n) is 15.3. The van der Waals surface area contributed by atoms with Crippen LogP contribution >= 0.6 is 0 Å². The van der Waals surface area contributed by atoms with Gasteiger partial charge in [-0.15, -0.1) is 0 Å². The summed E-state index contributed by atoms with van der Waals surface area (Å²) in [6.45, 7) is 5.97. The number of esters is 1. The van der Waals surface area contributed by atoms with Gasteiger partial charge in [-0.3, -0.25) is 4.18 Å². The van der Waals surface area contributed by atoms with E-state index in [4.69, 9.17) is 9.47 Å². The molecule has 2 unspecified atom stereocenters. The molecule has 0 radical (unpaired) electrons. The molecule has 2 atom stereocenters. The molecule has 2 rings (SSSR count). The molecule has 0 aromatic carbocycles. The van der Waals surface area contributed by atoms with Crippen molar-refractivity contribution in [1.29, 1.82) is 0 Å². The van der Waals surface area contributed by atoms with Crippen LogP contribution in [0.5, 0.6) is 0 Å². The summed E-state index contributed by atoms with van der Waals surface area (Å²) in [4.78, 5) is 12.1. The maximum atomic E-state index is 12.1. The quantitative estimate of drug-likeness (QED) is 0.267. The Morgan fingerprint density at radius 1 is 1.16 bits per heavy atom. The highest BCUT2D eigenvalue weighted by Gasteiger charge is 2.44. The lowest BCUT2D eigenvalue weighted by molar-refractivity contribution is -0.167. The fourth-order valence-corrected chi connectivity index (χ4v) is 4.51. The van der Waals surface area contributed by atoms with Crippen LogP contribution in [-0.4, -0.2) is 46.1 Å². The summed E-state index contributed by atoms with van der Waals surface area (Å²) in [6, 6.07) is 0. The first-order chi connectivity index (χ1) is 11.7. The molecule has 144 valence electrons. The second-order valence-electron chi connectivity index (χ2n) is 7.55. The van der Waals surface area contributed by atoms with Gasteiger partial charge >= 0.3 is 5.97 Å². The molecule has 0 aliphatic heterocycles. The van der Waals surface area contributed by atoms with Crippen LogP contribution < -0.4 is 0 Å². The highest BCUT2D eigenvalue weighted by molar-refractivity contribution is 7.85. The maximum absolute atomic E-state index is 12.1. The Bertz CT molecular complexity index is 570. The number of ether oxygens (including phenoxy) is 2. The molecule has 0 aromatic heterocycles. The molecule has 0 aromatic rings. The molecule has 25 heavy (non-hydrogen) atoms. The Balaban J connectivity index is 1.89. The lowest BCUT2D eigenvalue weighted by Crippen LogP contribution is -2.45. The Hall–Kier alpha value is -0.920. The SMILES string of the molecule is C=C(C)C(=O)OC1(CCOCCOS(C)(=O)=O)CC2CCCC(C2)C1. The van der Waals surface area contributed by atoms with E-state index in [1.165, 1.54) is 25.7 Å². The number of hydrogen-bond donors (Lipinski definition) is 0. The van der Waals surface area contributed by atoms with Gasteiger partial charge in [0.1, 0.15) is 5.60 Å². The minimum absolute atomic E-state index is 0.00262. The second-order valence-corrected chi connectivity index (χ2v) is 9.19. The van der Waals surface area contributed by atoms with Crippen molar-refractivity contribution in [2.45, 2.75) is 57.5 Å². The molecule has 0 heterocycles. The third kappa shape index (κ3) is 6.72. The molecule has 6 nitrogen and oxygen atoms in total. The van der Waals surface area contributed by atoms with Gasteiger partial charge in [-0.05, 0) is 38.0 Å². The summed E-state index contributed by atoms with van der Waals surface area (Å²) in [5, 5.41) is 0. The van der Waals surface area contributed by atoms with Crippen molar-refractivity contribution in [3.8, 4) is 0 Å². The Morgan fingerprint density at radius 3 is 2.36 bits per heavy atom. The standard InChI is InChI=1S/C18H30O6S/c1-14(2)17(19)24-18(7-8-22-9-10-23-25(3,20)21)12-15-5-4-6-16(11-15)13-18/h15-16H,1,4-13H2,2-3H3. The summed E-state index contributed by atoms with van der Waals surface area (Å²) in [7, 11) is -3.44. The third-order valence-corrected chi connectivity index (χ3v) is 5.69. The lowest BCUT2D eigenvalue weighted by atomic mass is 9.65. The van der Waals surface area contributed by atoms with Crippen LogP contribution in [0, 0.1) is 11.8 Å². The lowest BCUT2D eigenvalue weighted by Gasteiger charge is -2.46. The fraction of sp³-hybridized carbons (Fsp3) is 0.833. The topological polar surface area (TPSA) is 78.9 Å². The Labute approximate surface area is 151 Å². The maximum Gasteiger partial charge on any atom is 0.333 e. The van der Waals surface area contributed by atoms with Gasteiger partial charge in [0.2, 0.25) is 0 Å². The first-order valence-electron chi connectivity index (χ1n) is 9.00. The van der Waals surface area contributed by atoms with Crippen LogP contribution in [0.15, 0.2) is 12.2 Å². The summed E-state index contributed by atoms with van der Waals surface area (Å²) in [6.07, 6.45) is 8.29. The van der Waals surface area contributed by atoms with Gasteiger partial charge < -0.3 is 9.47 Å². The van der Waals surface area contributed by atoms with Gasteiger partial charge in [-0.25, -0.2) is 4.79 Å². The van der Waals surface area contributed by atoms with E-state index in [0.29, 0.717) is 30.4 Å². The fourth-order valence-electron chi connectivity index (χ4n) is 4.14. The van der Waals surface area contributed by atoms with Gasteiger partial charge in [0.05, 0.1) is 26.1 Å². The molecular formula is C18H30O6S. The minimum atomic E-state index is -3.44. The van der Waals surface area contributed by atoms with Crippen molar-refractivity contribution in [3.05, 3.63) is 12.2 Å². The summed E-state index contributed by atoms with van der Waals surface area (Å²) >= 11 is 0. The molecule has 0 spiro atoms. The van der Waals surface area contributed by atoms with Gasteiger partial charge in [0.25, 0.3) is 10.1 Å². The molecule has 0 saturated heterocycles. The van der Waals surface area contributed by atoms with E-state index >= 15 is 0 Å². The van der Waals surface area contributed by atoms with Gasteiger partial charge in [0.15, 0.2) is 0 Å². The van der Waals surface area contributed by atoms with Gasteiger partial charge in [-0.1, -0.05) is 25.8 Å². The van der Waals surface area contributed by atoms with E-state index in [-0.39, 0.29) is 19.2 Å². The van der Waals surface area contributed by atoms with Crippen molar-refractivity contribution < 1.29 is 26.9 Å². The van der Waals surface area contributed by atoms with Crippen molar-refractivity contribution in [2.24, 2.45) is 11.8 Å². The van der Waals surface area contributed by atoms with E-state index in [0.717, 1.165) is 19.1 Å². The summed E-state index contributed by atoms with van der Waals surface area (Å²) in [5.41, 5.74) is -0.0700. The highest BCUT2D eigenvalue weighted by atomic mass is 32.2. The molecule has 0 amide bonds. The predicted octanol–water partition coefficient (Wildman–Crippen LogP) is 2.83. The summed E-state index contributed by atoms with van der Waals surface area (Å²) in [5.74, 6) is 0.887. The molecule has 2 fully saturated rings. The van der Waals surface area contributed by atoms with Crippen LogP contribution in [0.25, 0.3) is 0 Å². The second kappa shape index (κ2) is 8.64. The normalized spacial score (nSPS) is 29.2. The number of carbonyl (C=O) groups excluding carboxylic acids is 1. The van der Waals surface area contributed by atoms with Gasteiger partial charge in [0, 0.05) is 12.0 Å². The molecule has 2 saturated carbocycles. The smallest absolute Gasteiger partial charge is 0.333 e. The van der Waals surface area contributed by atoms with E-state index in [1.807, 2.05) is 0 Å². The monoisotopic (exact) mass is 374 g/mol. The van der Waals surface area contributed by atoms with Crippen molar-refractivity contribution in [3.63, 3.8) is 0 Å². The van der Waals surface area contributed by atoms with Gasteiger partial charge in [-0.2, -0.15) is 8.42 Å². The Kier molecular flexibility index (Phi) is 7.05.